The quantitative estimate of drug-likeness (QED) is 0.661. The zero-order chi connectivity index (χ0) is 10.7. The van der Waals surface area contributed by atoms with Gasteiger partial charge in [0.1, 0.15) is 0 Å². The Hall–Kier alpha value is -1.12. The van der Waals surface area contributed by atoms with Crippen LogP contribution in [0.1, 0.15) is 10.4 Å². The van der Waals surface area contributed by atoms with Gasteiger partial charge in [0.25, 0.3) is 0 Å². The van der Waals surface area contributed by atoms with Crippen molar-refractivity contribution in [2.75, 3.05) is 13.1 Å². The summed E-state index contributed by atoms with van der Waals surface area (Å²) in [5, 5.41) is 8.73. The molecular weight excluding hydrogens is 255 g/mol. The second-order valence-electron chi connectivity index (χ2n) is 3.36. The molecule has 1 N–H and O–H groups in total. The van der Waals surface area contributed by atoms with Gasteiger partial charge in [-0.3, -0.25) is 0 Å². The third-order valence-corrected chi connectivity index (χ3v) is 4.24. The summed E-state index contributed by atoms with van der Waals surface area (Å²) in [4.78, 5) is 13.7. The third-order valence-electron chi connectivity index (χ3n) is 2.32. The van der Waals surface area contributed by atoms with Crippen LogP contribution < -0.4 is 0 Å². The SMILES string of the molecule is N=C1[Se]CCN1CC(=O)c1ccccc1. The molecule has 0 bridgehead atoms. The molecule has 3 nitrogen and oxygen atoms in total. The van der Waals surface area contributed by atoms with Gasteiger partial charge in [0.15, 0.2) is 0 Å². The standard InChI is InChI=1S/C11H12N2OSe/c12-11-13(6-7-15-11)8-10(14)9-4-2-1-3-5-9/h1-5,12H,6-8H2. The Balaban J connectivity index is 2.01. The first kappa shape index (κ1) is 10.4. The number of nitrogens with zero attached hydrogens (tertiary/aromatic N) is 1. The maximum absolute atomic E-state index is 11.8. The molecule has 0 aromatic heterocycles. The molecular formula is C11H12N2OSe. The van der Waals surface area contributed by atoms with Crippen molar-refractivity contribution in [2.45, 2.75) is 5.32 Å². The monoisotopic (exact) mass is 268 g/mol. The topological polar surface area (TPSA) is 44.2 Å². The molecule has 1 aromatic rings. The zero-order valence-corrected chi connectivity index (χ0v) is 9.98. The molecule has 2 rings (SSSR count). The normalized spacial score (nSPS) is 15.7. The molecule has 78 valence electrons. The van der Waals surface area contributed by atoms with Gasteiger partial charge in [-0.2, -0.15) is 0 Å². The van der Waals surface area contributed by atoms with E-state index in [4.69, 9.17) is 5.41 Å². The van der Waals surface area contributed by atoms with Gasteiger partial charge in [0.2, 0.25) is 0 Å². The second kappa shape index (κ2) is 4.60. The van der Waals surface area contributed by atoms with Gasteiger partial charge >= 0.3 is 94.9 Å². The second-order valence-corrected chi connectivity index (χ2v) is 5.64. The Morgan fingerprint density at radius 2 is 2.13 bits per heavy atom. The molecule has 0 amide bonds. The zero-order valence-electron chi connectivity index (χ0n) is 8.27. The number of carbonyl (C=O) groups excluding carboxylic acids is 1. The van der Waals surface area contributed by atoms with E-state index < -0.39 is 0 Å². The Morgan fingerprint density at radius 3 is 2.73 bits per heavy atom. The molecule has 0 aliphatic carbocycles. The van der Waals surface area contributed by atoms with E-state index in [1.807, 2.05) is 35.2 Å². The Morgan fingerprint density at radius 1 is 1.40 bits per heavy atom. The van der Waals surface area contributed by atoms with Gasteiger partial charge in [-0.1, -0.05) is 0 Å². The predicted molar refractivity (Wildman–Crippen MR) is 60.6 cm³/mol. The summed E-state index contributed by atoms with van der Waals surface area (Å²) in [5.74, 6) is 0.109. The predicted octanol–water partition coefficient (Wildman–Crippen LogP) is 1.24. The Labute approximate surface area is 95.1 Å². The van der Waals surface area contributed by atoms with Crippen LogP contribution in [0.5, 0.6) is 0 Å². The van der Waals surface area contributed by atoms with Crippen molar-refractivity contribution >= 4 is 25.5 Å². The molecule has 0 spiro atoms. The number of rotatable bonds is 3. The molecule has 1 aliphatic heterocycles. The molecule has 15 heavy (non-hydrogen) atoms. The summed E-state index contributed by atoms with van der Waals surface area (Å²) in [7, 11) is 0. The van der Waals surface area contributed by atoms with E-state index in [1.54, 1.807) is 0 Å². The van der Waals surface area contributed by atoms with Crippen molar-refractivity contribution in [3.8, 4) is 0 Å². The van der Waals surface area contributed by atoms with E-state index in [1.165, 1.54) is 0 Å². The summed E-state index contributed by atoms with van der Waals surface area (Å²) in [6.07, 6.45) is 0. The maximum atomic E-state index is 11.8. The van der Waals surface area contributed by atoms with Crippen LogP contribution in [-0.4, -0.2) is 43.5 Å². The van der Waals surface area contributed by atoms with Crippen molar-refractivity contribution in [3.63, 3.8) is 0 Å². The van der Waals surface area contributed by atoms with Gasteiger partial charge in [-0.05, 0) is 0 Å². The minimum atomic E-state index is 0.109. The molecule has 0 unspecified atom stereocenters. The van der Waals surface area contributed by atoms with E-state index in [2.05, 4.69) is 0 Å². The fourth-order valence-corrected chi connectivity index (χ4v) is 3.25. The summed E-state index contributed by atoms with van der Waals surface area (Å²) >= 11 is 0.289. The van der Waals surface area contributed by atoms with Crippen LogP contribution in [0.15, 0.2) is 30.3 Å². The summed E-state index contributed by atoms with van der Waals surface area (Å²) in [6, 6.07) is 9.29. The van der Waals surface area contributed by atoms with Gasteiger partial charge in [-0.15, -0.1) is 0 Å². The average Bonchev–Trinajstić information content (AvgIpc) is 2.66. The van der Waals surface area contributed by atoms with Crippen LogP contribution in [0.4, 0.5) is 0 Å². The van der Waals surface area contributed by atoms with E-state index >= 15 is 0 Å². The molecule has 1 heterocycles. The molecule has 0 saturated carbocycles. The van der Waals surface area contributed by atoms with Gasteiger partial charge < -0.3 is 0 Å². The van der Waals surface area contributed by atoms with Gasteiger partial charge in [0.05, 0.1) is 0 Å². The molecule has 1 aliphatic rings. The van der Waals surface area contributed by atoms with E-state index in [0.29, 0.717) is 11.3 Å². The van der Waals surface area contributed by atoms with Crippen molar-refractivity contribution in [1.82, 2.24) is 4.90 Å². The van der Waals surface area contributed by atoms with Crippen LogP contribution in [0.3, 0.4) is 0 Å². The summed E-state index contributed by atoms with van der Waals surface area (Å²) in [6.45, 7) is 1.24. The van der Waals surface area contributed by atoms with Gasteiger partial charge in [0, 0.05) is 0 Å². The number of amidine groups is 1. The first-order chi connectivity index (χ1) is 7.27. The molecule has 1 fully saturated rings. The van der Waals surface area contributed by atoms with Crippen LogP contribution in [0, 0.1) is 5.41 Å². The number of nitrogens with one attached hydrogen (secondary N) is 1. The summed E-state index contributed by atoms with van der Waals surface area (Å²) in [5.41, 5.74) is 0.740. The minimum absolute atomic E-state index is 0.109. The molecule has 4 heteroatoms. The first-order valence-electron chi connectivity index (χ1n) is 4.82. The van der Waals surface area contributed by atoms with Gasteiger partial charge in [-0.25, -0.2) is 0 Å². The van der Waals surface area contributed by atoms with E-state index in [9.17, 15) is 4.79 Å². The van der Waals surface area contributed by atoms with Crippen molar-refractivity contribution in [1.29, 1.82) is 5.41 Å². The van der Waals surface area contributed by atoms with Crippen LogP contribution in [0.2, 0.25) is 5.32 Å². The average molecular weight is 267 g/mol. The van der Waals surface area contributed by atoms with Crippen LogP contribution in [0.25, 0.3) is 0 Å². The fourth-order valence-electron chi connectivity index (χ4n) is 1.48. The van der Waals surface area contributed by atoms with Crippen molar-refractivity contribution < 1.29 is 4.79 Å². The number of Topliss-reactive ketones (excluding diaryl/α,β-unsaturated/α-hetero) is 1. The number of carbonyl (C=O) groups is 1. The Kier molecular flexibility index (Phi) is 3.19. The molecule has 0 radical (unpaired) electrons. The first-order valence-corrected chi connectivity index (χ1v) is 6.89. The number of hydrogen-bond acceptors (Lipinski definition) is 2. The third kappa shape index (κ3) is 2.46. The number of hydrogen-bond donors (Lipinski definition) is 1. The molecule has 1 saturated heterocycles. The van der Waals surface area contributed by atoms with E-state index in [0.717, 1.165) is 17.4 Å². The van der Waals surface area contributed by atoms with Crippen molar-refractivity contribution in [3.05, 3.63) is 35.9 Å². The van der Waals surface area contributed by atoms with Crippen LogP contribution in [-0.2, 0) is 0 Å². The molecule has 0 atom stereocenters. The molecule has 1 aromatic carbocycles. The van der Waals surface area contributed by atoms with Crippen LogP contribution >= 0.6 is 0 Å². The Bertz CT molecular complexity index is 377. The van der Waals surface area contributed by atoms with Crippen molar-refractivity contribution in [2.24, 2.45) is 0 Å². The number of ketones is 1. The number of benzene rings is 1. The fraction of sp³-hybridized carbons (Fsp3) is 0.273. The van der Waals surface area contributed by atoms with E-state index in [-0.39, 0.29) is 20.7 Å². The summed E-state index contributed by atoms with van der Waals surface area (Å²) < 4.78 is 0.659.